The van der Waals surface area contributed by atoms with Crippen LogP contribution in [-0.4, -0.2) is 28.0 Å². The van der Waals surface area contributed by atoms with E-state index in [2.05, 4.69) is 15.7 Å². The van der Waals surface area contributed by atoms with Crippen molar-refractivity contribution in [3.63, 3.8) is 0 Å². The second-order valence-corrected chi connectivity index (χ2v) is 3.43. The van der Waals surface area contributed by atoms with Crippen LogP contribution in [0.15, 0.2) is 12.3 Å². The third kappa shape index (κ3) is 3.74. The lowest BCUT2D eigenvalue weighted by Crippen LogP contribution is -2.36. The van der Waals surface area contributed by atoms with Crippen molar-refractivity contribution in [2.45, 2.75) is 13.3 Å². The second kappa shape index (κ2) is 5.59. The number of hydrogen-bond donors (Lipinski definition) is 2. The molecule has 0 aliphatic rings. The van der Waals surface area contributed by atoms with Gasteiger partial charge in [0.1, 0.15) is 0 Å². The molecule has 2 N–H and O–H groups in total. The van der Waals surface area contributed by atoms with Crippen molar-refractivity contribution in [3.05, 3.63) is 18.0 Å². The highest BCUT2D eigenvalue weighted by atomic mass is 32.1. The van der Waals surface area contributed by atoms with Gasteiger partial charge in [-0.05, 0) is 25.2 Å². The number of aromatic nitrogens is 2. The third-order valence-corrected chi connectivity index (χ3v) is 2.06. The summed E-state index contributed by atoms with van der Waals surface area (Å²) in [7, 11) is 1.92. The maximum atomic E-state index is 5.03. The molecule has 0 fully saturated rings. The molecule has 1 aromatic rings. The van der Waals surface area contributed by atoms with Crippen LogP contribution in [0.1, 0.15) is 12.6 Å². The minimum Gasteiger partial charge on any atom is -0.363 e. The molecule has 78 valence electrons. The number of rotatable bonds is 4. The predicted octanol–water partition coefficient (Wildman–Crippen LogP) is 0.447. The first-order valence-corrected chi connectivity index (χ1v) is 5.13. The van der Waals surface area contributed by atoms with Gasteiger partial charge in [-0.1, -0.05) is 0 Å². The highest BCUT2D eigenvalue weighted by molar-refractivity contribution is 7.80. The molecule has 0 saturated carbocycles. The van der Waals surface area contributed by atoms with Gasteiger partial charge in [0.05, 0.1) is 5.69 Å². The van der Waals surface area contributed by atoms with Crippen molar-refractivity contribution in [1.82, 2.24) is 20.4 Å². The van der Waals surface area contributed by atoms with Gasteiger partial charge in [0.2, 0.25) is 0 Å². The molecule has 0 unspecified atom stereocenters. The first kappa shape index (κ1) is 11.0. The monoisotopic (exact) mass is 212 g/mol. The molecule has 5 heteroatoms. The summed E-state index contributed by atoms with van der Waals surface area (Å²) >= 11 is 5.03. The lowest BCUT2D eigenvalue weighted by molar-refractivity contribution is 0.728. The van der Waals surface area contributed by atoms with Crippen molar-refractivity contribution in [1.29, 1.82) is 0 Å². The molecule has 1 rings (SSSR count). The van der Waals surface area contributed by atoms with E-state index in [0.717, 1.165) is 25.2 Å². The molecule has 4 nitrogen and oxygen atoms in total. The van der Waals surface area contributed by atoms with E-state index in [-0.39, 0.29) is 0 Å². The molecule has 0 saturated heterocycles. The predicted molar refractivity (Wildman–Crippen MR) is 61.2 cm³/mol. The molecule has 0 amide bonds. The zero-order valence-electron chi connectivity index (χ0n) is 8.58. The number of thiocarbonyl (C=S) groups is 1. The fourth-order valence-corrected chi connectivity index (χ4v) is 1.37. The lowest BCUT2D eigenvalue weighted by atomic mass is 10.3. The van der Waals surface area contributed by atoms with Gasteiger partial charge in [-0.3, -0.25) is 4.68 Å². The van der Waals surface area contributed by atoms with E-state index in [0.29, 0.717) is 5.11 Å². The van der Waals surface area contributed by atoms with Gasteiger partial charge < -0.3 is 10.6 Å². The highest BCUT2D eigenvalue weighted by Crippen LogP contribution is 1.93. The smallest absolute Gasteiger partial charge is 0.166 e. The summed E-state index contributed by atoms with van der Waals surface area (Å²) < 4.78 is 1.80. The van der Waals surface area contributed by atoms with Gasteiger partial charge in [0, 0.05) is 32.8 Å². The van der Waals surface area contributed by atoms with Crippen molar-refractivity contribution in [2.75, 3.05) is 13.1 Å². The van der Waals surface area contributed by atoms with Crippen LogP contribution in [0.25, 0.3) is 0 Å². The number of nitrogens with one attached hydrogen (secondary N) is 2. The van der Waals surface area contributed by atoms with Crippen LogP contribution < -0.4 is 10.6 Å². The quantitative estimate of drug-likeness (QED) is 0.711. The summed E-state index contributed by atoms with van der Waals surface area (Å²) in [5, 5.41) is 11.1. The molecule has 0 spiro atoms. The van der Waals surface area contributed by atoms with E-state index in [1.807, 2.05) is 26.2 Å². The second-order valence-electron chi connectivity index (χ2n) is 3.02. The average Bonchev–Trinajstić information content (AvgIpc) is 2.52. The minimum absolute atomic E-state index is 0.712. The van der Waals surface area contributed by atoms with Gasteiger partial charge in [-0.25, -0.2) is 0 Å². The molecule has 1 heterocycles. The molecule has 0 radical (unpaired) electrons. The highest BCUT2D eigenvalue weighted by Gasteiger charge is 1.97. The SMILES string of the molecule is CCNC(=S)NCCc1ccn(C)n1. The largest absolute Gasteiger partial charge is 0.363 e. The zero-order chi connectivity index (χ0) is 10.4. The van der Waals surface area contributed by atoms with Crippen molar-refractivity contribution in [3.8, 4) is 0 Å². The standard InChI is InChI=1S/C9H16N4S/c1-3-10-9(14)11-6-4-8-5-7-13(2)12-8/h5,7H,3-4,6H2,1-2H3,(H2,10,11,14). The number of nitrogens with zero attached hydrogens (tertiary/aromatic N) is 2. The summed E-state index contributed by atoms with van der Waals surface area (Å²) in [5.74, 6) is 0. The third-order valence-electron chi connectivity index (χ3n) is 1.77. The lowest BCUT2D eigenvalue weighted by Gasteiger charge is -2.06. The average molecular weight is 212 g/mol. The van der Waals surface area contributed by atoms with E-state index in [1.54, 1.807) is 4.68 Å². The minimum atomic E-state index is 0.712. The maximum absolute atomic E-state index is 5.03. The van der Waals surface area contributed by atoms with Crippen LogP contribution in [-0.2, 0) is 13.5 Å². The normalized spacial score (nSPS) is 9.86. The van der Waals surface area contributed by atoms with Crippen LogP contribution >= 0.6 is 12.2 Å². The molecule has 0 bridgehead atoms. The number of aryl methyl sites for hydroxylation is 1. The summed E-state index contributed by atoms with van der Waals surface area (Å²) in [6.07, 6.45) is 2.84. The Hall–Kier alpha value is -1.10. The molecular formula is C9H16N4S. The van der Waals surface area contributed by atoms with Gasteiger partial charge >= 0.3 is 0 Å². The van der Waals surface area contributed by atoms with Crippen molar-refractivity contribution in [2.24, 2.45) is 7.05 Å². The summed E-state index contributed by atoms with van der Waals surface area (Å²) in [6.45, 7) is 3.70. The Bertz CT molecular complexity index is 295. The topological polar surface area (TPSA) is 41.9 Å². The van der Waals surface area contributed by atoms with Crippen molar-refractivity contribution < 1.29 is 0 Å². The van der Waals surface area contributed by atoms with Crippen LogP contribution in [0.4, 0.5) is 0 Å². The first-order chi connectivity index (χ1) is 6.72. The van der Waals surface area contributed by atoms with E-state index >= 15 is 0 Å². The fourth-order valence-electron chi connectivity index (χ4n) is 1.12. The van der Waals surface area contributed by atoms with E-state index in [9.17, 15) is 0 Å². The van der Waals surface area contributed by atoms with Crippen LogP contribution in [0, 0.1) is 0 Å². The molecule has 0 aromatic carbocycles. The molecule has 0 aliphatic heterocycles. The molecule has 0 atom stereocenters. The maximum Gasteiger partial charge on any atom is 0.166 e. The van der Waals surface area contributed by atoms with Crippen LogP contribution in [0.3, 0.4) is 0 Å². The van der Waals surface area contributed by atoms with Crippen LogP contribution in [0.5, 0.6) is 0 Å². The fraction of sp³-hybridized carbons (Fsp3) is 0.556. The van der Waals surface area contributed by atoms with Gasteiger partial charge in [0.15, 0.2) is 5.11 Å². The first-order valence-electron chi connectivity index (χ1n) is 4.72. The van der Waals surface area contributed by atoms with Crippen molar-refractivity contribution >= 4 is 17.3 Å². The Morgan fingerprint density at radius 1 is 1.57 bits per heavy atom. The van der Waals surface area contributed by atoms with Gasteiger partial charge in [-0.2, -0.15) is 5.10 Å². The molecule has 14 heavy (non-hydrogen) atoms. The Kier molecular flexibility index (Phi) is 4.39. The summed E-state index contributed by atoms with van der Waals surface area (Å²) in [5.41, 5.74) is 1.08. The molecule has 0 aliphatic carbocycles. The van der Waals surface area contributed by atoms with E-state index in [1.165, 1.54) is 0 Å². The van der Waals surface area contributed by atoms with Crippen LogP contribution in [0.2, 0.25) is 0 Å². The van der Waals surface area contributed by atoms with E-state index < -0.39 is 0 Å². The zero-order valence-corrected chi connectivity index (χ0v) is 9.40. The van der Waals surface area contributed by atoms with Gasteiger partial charge in [-0.15, -0.1) is 0 Å². The number of hydrogen-bond acceptors (Lipinski definition) is 2. The summed E-state index contributed by atoms with van der Waals surface area (Å²) in [6, 6.07) is 2.01. The molecule has 1 aromatic heterocycles. The Morgan fingerprint density at radius 3 is 2.93 bits per heavy atom. The van der Waals surface area contributed by atoms with Gasteiger partial charge in [0.25, 0.3) is 0 Å². The Labute approximate surface area is 89.7 Å². The Morgan fingerprint density at radius 2 is 2.36 bits per heavy atom. The molecular weight excluding hydrogens is 196 g/mol. The Balaban J connectivity index is 2.18. The van der Waals surface area contributed by atoms with E-state index in [4.69, 9.17) is 12.2 Å². The summed E-state index contributed by atoms with van der Waals surface area (Å²) in [4.78, 5) is 0.